The summed E-state index contributed by atoms with van der Waals surface area (Å²) >= 11 is 6.02. The van der Waals surface area contributed by atoms with E-state index in [9.17, 15) is 18.0 Å². The van der Waals surface area contributed by atoms with Crippen LogP contribution in [0.2, 0.25) is 5.02 Å². The first kappa shape index (κ1) is 29.6. The van der Waals surface area contributed by atoms with E-state index < -0.39 is 28.5 Å². The standard InChI is InChI=1S/C27H38ClN3O4S/c1-7-20(5)29-27(33)25(8-2)30(17-21-9-13-23(28)14-10-21)26(32)18-31(36(6,34)35)24-15-11-22(12-16-24)19(3)4/h9-16,19-20,25H,7-8,17-18H2,1-6H3,(H,29,33)/t20-,25-/m1/s1. The zero-order chi connectivity index (χ0) is 27.0. The lowest BCUT2D eigenvalue weighted by Crippen LogP contribution is -2.53. The van der Waals surface area contributed by atoms with Crippen molar-refractivity contribution in [2.24, 2.45) is 0 Å². The van der Waals surface area contributed by atoms with E-state index in [4.69, 9.17) is 11.6 Å². The minimum atomic E-state index is -3.77. The van der Waals surface area contributed by atoms with Crippen molar-refractivity contribution in [2.75, 3.05) is 17.1 Å². The van der Waals surface area contributed by atoms with Crippen LogP contribution >= 0.6 is 11.6 Å². The third-order valence-corrected chi connectivity index (χ3v) is 7.57. The number of sulfonamides is 1. The molecule has 1 N–H and O–H groups in total. The topological polar surface area (TPSA) is 86.8 Å². The normalized spacial score (nSPS) is 13.2. The molecule has 0 aliphatic carbocycles. The molecule has 0 spiro atoms. The van der Waals surface area contributed by atoms with E-state index in [0.29, 0.717) is 17.1 Å². The number of benzene rings is 2. The van der Waals surface area contributed by atoms with E-state index in [0.717, 1.165) is 28.1 Å². The van der Waals surface area contributed by atoms with Crippen molar-refractivity contribution in [3.05, 3.63) is 64.7 Å². The number of rotatable bonds is 12. The molecule has 0 saturated heterocycles. The lowest BCUT2D eigenvalue weighted by atomic mass is 10.0. The summed E-state index contributed by atoms with van der Waals surface area (Å²) in [6.07, 6.45) is 2.21. The Morgan fingerprint density at radius 1 is 0.944 bits per heavy atom. The van der Waals surface area contributed by atoms with Crippen molar-refractivity contribution in [1.82, 2.24) is 10.2 Å². The molecule has 0 bridgehead atoms. The Balaban J connectivity index is 2.42. The molecular weight excluding hydrogens is 498 g/mol. The largest absolute Gasteiger partial charge is 0.352 e. The molecule has 2 atom stereocenters. The van der Waals surface area contributed by atoms with Gasteiger partial charge in [-0.2, -0.15) is 0 Å². The minimum Gasteiger partial charge on any atom is -0.352 e. The highest BCUT2D eigenvalue weighted by atomic mass is 35.5. The summed E-state index contributed by atoms with van der Waals surface area (Å²) in [5, 5.41) is 3.52. The van der Waals surface area contributed by atoms with Crippen LogP contribution in [-0.2, 0) is 26.2 Å². The van der Waals surface area contributed by atoms with Crippen LogP contribution in [0.25, 0.3) is 0 Å². The van der Waals surface area contributed by atoms with E-state index in [2.05, 4.69) is 19.2 Å². The van der Waals surface area contributed by atoms with Crippen LogP contribution in [0.5, 0.6) is 0 Å². The van der Waals surface area contributed by atoms with Gasteiger partial charge in [0.05, 0.1) is 11.9 Å². The molecule has 7 nitrogen and oxygen atoms in total. The van der Waals surface area contributed by atoms with Crippen LogP contribution in [0.4, 0.5) is 5.69 Å². The van der Waals surface area contributed by atoms with Crippen molar-refractivity contribution in [3.8, 4) is 0 Å². The summed E-state index contributed by atoms with van der Waals surface area (Å²) in [4.78, 5) is 28.3. The Labute approximate surface area is 220 Å². The van der Waals surface area contributed by atoms with Gasteiger partial charge in [-0.05, 0) is 61.1 Å². The SMILES string of the molecule is CC[C@@H](C)NC(=O)[C@@H](CC)N(Cc1ccc(Cl)cc1)C(=O)CN(c1ccc(C(C)C)cc1)S(C)(=O)=O. The summed E-state index contributed by atoms with van der Waals surface area (Å²) < 4.78 is 26.5. The maximum atomic E-state index is 13.7. The molecule has 2 amide bonds. The van der Waals surface area contributed by atoms with E-state index in [1.54, 1.807) is 36.4 Å². The maximum Gasteiger partial charge on any atom is 0.244 e. The number of hydrogen-bond acceptors (Lipinski definition) is 4. The number of nitrogens with zero attached hydrogens (tertiary/aromatic N) is 2. The highest BCUT2D eigenvalue weighted by Gasteiger charge is 2.32. The molecule has 36 heavy (non-hydrogen) atoms. The Morgan fingerprint density at radius 2 is 1.53 bits per heavy atom. The average Bonchev–Trinajstić information content (AvgIpc) is 2.82. The second-order valence-electron chi connectivity index (χ2n) is 9.41. The van der Waals surface area contributed by atoms with Gasteiger partial charge in [0, 0.05) is 17.6 Å². The lowest BCUT2D eigenvalue weighted by molar-refractivity contribution is -0.140. The van der Waals surface area contributed by atoms with Gasteiger partial charge in [-0.15, -0.1) is 0 Å². The smallest absolute Gasteiger partial charge is 0.244 e. The summed E-state index contributed by atoms with van der Waals surface area (Å²) in [6.45, 7) is 9.54. The summed E-state index contributed by atoms with van der Waals surface area (Å²) in [5.74, 6) is -0.438. The van der Waals surface area contributed by atoms with Gasteiger partial charge in [-0.3, -0.25) is 13.9 Å². The number of anilines is 1. The van der Waals surface area contributed by atoms with Gasteiger partial charge < -0.3 is 10.2 Å². The molecule has 0 radical (unpaired) electrons. The first-order chi connectivity index (χ1) is 16.9. The summed E-state index contributed by atoms with van der Waals surface area (Å²) in [7, 11) is -3.77. The zero-order valence-corrected chi connectivity index (χ0v) is 23.6. The van der Waals surface area contributed by atoms with E-state index in [1.807, 2.05) is 32.9 Å². The van der Waals surface area contributed by atoms with Gasteiger partial charge in [0.25, 0.3) is 0 Å². The highest BCUT2D eigenvalue weighted by molar-refractivity contribution is 7.92. The molecule has 0 unspecified atom stereocenters. The predicted molar refractivity (Wildman–Crippen MR) is 147 cm³/mol. The molecule has 0 aromatic heterocycles. The third-order valence-electron chi connectivity index (χ3n) is 6.18. The summed E-state index contributed by atoms with van der Waals surface area (Å²) in [5.41, 5.74) is 2.25. The number of hydrogen-bond donors (Lipinski definition) is 1. The van der Waals surface area contributed by atoms with Gasteiger partial charge in [0.15, 0.2) is 0 Å². The second kappa shape index (κ2) is 13.1. The molecule has 198 valence electrons. The van der Waals surface area contributed by atoms with Crippen LogP contribution in [0.15, 0.2) is 48.5 Å². The van der Waals surface area contributed by atoms with E-state index in [-0.39, 0.29) is 24.4 Å². The Hall–Kier alpha value is -2.58. The van der Waals surface area contributed by atoms with E-state index >= 15 is 0 Å². The molecule has 0 aliphatic heterocycles. The summed E-state index contributed by atoms with van der Waals surface area (Å²) in [6, 6.07) is 13.4. The molecule has 9 heteroatoms. The molecule has 0 aliphatic rings. The molecule has 0 heterocycles. The van der Waals surface area contributed by atoms with Crippen LogP contribution in [0.1, 0.15) is 64.5 Å². The number of carbonyl (C=O) groups excluding carboxylic acids is 2. The lowest BCUT2D eigenvalue weighted by Gasteiger charge is -2.33. The Bertz CT molecular complexity index is 1120. The van der Waals surface area contributed by atoms with Crippen LogP contribution < -0.4 is 9.62 Å². The number of carbonyl (C=O) groups is 2. The van der Waals surface area contributed by atoms with Gasteiger partial charge >= 0.3 is 0 Å². The fourth-order valence-corrected chi connectivity index (χ4v) is 4.76. The first-order valence-corrected chi connectivity index (χ1v) is 14.5. The van der Waals surface area contributed by atoms with Crippen LogP contribution in [0.3, 0.4) is 0 Å². The van der Waals surface area contributed by atoms with Gasteiger partial charge in [-0.25, -0.2) is 8.42 Å². The fourth-order valence-electron chi connectivity index (χ4n) is 3.79. The third kappa shape index (κ3) is 8.23. The van der Waals surface area contributed by atoms with Gasteiger partial charge in [0.2, 0.25) is 21.8 Å². The fraction of sp³-hybridized carbons (Fsp3) is 0.481. The van der Waals surface area contributed by atoms with Gasteiger partial charge in [0.1, 0.15) is 12.6 Å². The molecule has 2 aromatic rings. The van der Waals surface area contributed by atoms with Crippen molar-refractivity contribution in [2.45, 2.75) is 72.0 Å². The van der Waals surface area contributed by atoms with E-state index in [1.165, 1.54) is 4.90 Å². The van der Waals surface area contributed by atoms with Gasteiger partial charge in [-0.1, -0.05) is 63.6 Å². The Kier molecular flexibility index (Phi) is 10.8. The molecular formula is C27H38ClN3O4S. The number of amides is 2. The molecule has 0 saturated carbocycles. The van der Waals surface area contributed by atoms with Crippen molar-refractivity contribution < 1.29 is 18.0 Å². The molecule has 0 fully saturated rings. The number of nitrogens with one attached hydrogen (secondary N) is 1. The highest BCUT2D eigenvalue weighted by Crippen LogP contribution is 2.23. The van der Waals surface area contributed by atoms with Crippen molar-refractivity contribution in [3.63, 3.8) is 0 Å². The second-order valence-corrected chi connectivity index (χ2v) is 11.7. The quantitative estimate of drug-likeness (QED) is 0.416. The number of halogens is 1. The monoisotopic (exact) mass is 535 g/mol. The average molecular weight is 536 g/mol. The van der Waals surface area contributed by atoms with Crippen LogP contribution in [0, 0.1) is 0 Å². The minimum absolute atomic E-state index is 0.0500. The van der Waals surface area contributed by atoms with Crippen molar-refractivity contribution in [1.29, 1.82) is 0 Å². The zero-order valence-electron chi connectivity index (χ0n) is 22.0. The maximum absolute atomic E-state index is 13.7. The predicted octanol–water partition coefficient (Wildman–Crippen LogP) is 4.95. The van der Waals surface area contributed by atoms with Crippen molar-refractivity contribution >= 4 is 39.1 Å². The molecule has 2 aromatic carbocycles. The Morgan fingerprint density at radius 3 is 2.00 bits per heavy atom. The molecule has 2 rings (SSSR count). The first-order valence-electron chi connectivity index (χ1n) is 12.3. The van der Waals surface area contributed by atoms with Crippen LogP contribution in [-0.4, -0.2) is 50.0 Å².